The first-order valence-corrected chi connectivity index (χ1v) is 8.54. The van der Waals surface area contributed by atoms with Crippen molar-refractivity contribution in [3.63, 3.8) is 0 Å². The summed E-state index contributed by atoms with van der Waals surface area (Å²) in [7, 11) is 0. The molecule has 116 valence electrons. The molecule has 1 aliphatic rings. The standard InChI is InChI=1S/C17H21N3OS/c1-11-3-2-4-13(7-11)17-19-14(10-22-17)8-16(21)20-15(9-18)12-5-6-12/h2-4,7,10,12,15H,5-6,8-9,18H2,1H3,(H,20,21). The van der Waals surface area contributed by atoms with E-state index in [2.05, 4.69) is 29.4 Å². The van der Waals surface area contributed by atoms with Crippen LogP contribution < -0.4 is 11.1 Å². The first kappa shape index (κ1) is 15.2. The maximum atomic E-state index is 12.1. The van der Waals surface area contributed by atoms with Crippen molar-refractivity contribution in [2.45, 2.75) is 32.2 Å². The highest BCUT2D eigenvalue weighted by atomic mass is 32.1. The molecule has 0 radical (unpaired) electrons. The van der Waals surface area contributed by atoms with Crippen molar-refractivity contribution in [3.05, 3.63) is 40.9 Å². The zero-order valence-electron chi connectivity index (χ0n) is 12.7. The Morgan fingerprint density at radius 3 is 3.00 bits per heavy atom. The molecule has 0 saturated heterocycles. The van der Waals surface area contributed by atoms with Crippen molar-refractivity contribution in [2.75, 3.05) is 6.54 Å². The molecular weight excluding hydrogens is 294 g/mol. The lowest BCUT2D eigenvalue weighted by molar-refractivity contribution is -0.121. The van der Waals surface area contributed by atoms with Gasteiger partial charge in [-0.1, -0.05) is 23.8 Å². The summed E-state index contributed by atoms with van der Waals surface area (Å²) in [6.45, 7) is 2.58. The largest absolute Gasteiger partial charge is 0.351 e. The number of amides is 1. The summed E-state index contributed by atoms with van der Waals surface area (Å²) in [6.07, 6.45) is 2.68. The minimum absolute atomic E-state index is 0.0171. The molecule has 3 rings (SSSR count). The van der Waals surface area contributed by atoms with Crippen LogP contribution in [0.3, 0.4) is 0 Å². The molecule has 3 N–H and O–H groups in total. The predicted molar refractivity (Wildman–Crippen MR) is 89.7 cm³/mol. The van der Waals surface area contributed by atoms with Crippen LogP contribution in [-0.4, -0.2) is 23.5 Å². The zero-order chi connectivity index (χ0) is 15.5. The summed E-state index contributed by atoms with van der Waals surface area (Å²) in [4.78, 5) is 16.7. The van der Waals surface area contributed by atoms with Gasteiger partial charge in [-0.05, 0) is 31.7 Å². The van der Waals surface area contributed by atoms with Crippen LogP contribution >= 0.6 is 11.3 Å². The van der Waals surface area contributed by atoms with Gasteiger partial charge in [-0.2, -0.15) is 0 Å². The number of hydrogen-bond donors (Lipinski definition) is 2. The monoisotopic (exact) mass is 315 g/mol. The number of aromatic nitrogens is 1. The van der Waals surface area contributed by atoms with E-state index in [-0.39, 0.29) is 11.9 Å². The Hall–Kier alpha value is -1.72. The molecule has 0 bridgehead atoms. The molecule has 5 heteroatoms. The van der Waals surface area contributed by atoms with Crippen LogP contribution in [0.15, 0.2) is 29.6 Å². The van der Waals surface area contributed by atoms with Gasteiger partial charge in [0, 0.05) is 23.5 Å². The van der Waals surface area contributed by atoms with E-state index in [4.69, 9.17) is 5.73 Å². The Morgan fingerprint density at radius 1 is 1.50 bits per heavy atom. The van der Waals surface area contributed by atoms with Crippen molar-refractivity contribution in [1.82, 2.24) is 10.3 Å². The topological polar surface area (TPSA) is 68.0 Å². The van der Waals surface area contributed by atoms with Gasteiger partial charge in [0.2, 0.25) is 5.91 Å². The second kappa shape index (κ2) is 6.58. The number of carbonyl (C=O) groups is 1. The highest BCUT2D eigenvalue weighted by molar-refractivity contribution is 7.13. The molecule has 1 unspecified atom stereocenters. The van der Waals surface area contributed by atoms with Gasteiger partial charge in [0.05, 0.1) is 12.1 Å². The SMILES string of the molecule is Cc1cccc(-c2nc(CC(=O)NC(CN)C3CC3)cs2)c1. The lowest BCUT2D eigenvalue weighted by Gasteiger charge is -2.15. The van der Waals surface area contributed by atoms with Crippen molar-refractivity contribution >= 4 is 17.2 Å². The highest BCUT2D eigenvalue weighted by Gasteiger charge is 2.31. The van der Waals surface area contributed by atoms with Gasteiger partial charge < -0.3 is 11.1 Å². The van der Waals surface area contributed by atoms with Crippen LogP contribution in [0.1, 0.15) is 24.1 Å². The third kappa shape index (κ3) is 3.72. The van der Waals surface area contributed by atoms with Crippen molar-refractivity contribution < 1.29 is 4.79 Å². The molecular formula is C17H21N3OS. The first-order valence-electron chi connectivity index (χ1n) is 7.66. The Bertz CT molecular complexity index is 663. The summed E-state index contributed by atoms with van der Waals surface area (Å²) in [6, 6.07) is 8.38. The number of benzene rings is 1. The van der Waals surface area contributed by atoms with Gasteiger partial charge in [-0.3, -0.25) is 4.79 Å². The molecule has 4 nitrogen and oxygen atoms in total. The fourth-order valence-corrected chi connectivity index (χ4v) is 3.41. The van der Waals surface area contributed by atoms with E-state index in [9.17, 15) is 4.79 Å². The Kier molecular flexibility index (Phi) is 4.55. The van der Waals surface area contributed by atoms with Crippen molar-refractivity contribution in [3.8, 4) is 10.6 Å². The van der Waals surface area contributed by atoms with Crippen LogP contribution in [0.25, 0.3) is 10.6 Å². The Balaban J connectivity index is 1.62. The van der Waals surface area contributed by atoms with E-state index in [1.807, 2.05) is 17.5 Å². The molecule has 1 saturated carbocycles. The zero-order valence-corrected chi connectivity index (χ0v) is 13.5. The van der Waals surface area contributed by atoms with Gasteiger partial charge in [-0.25, -0.2) is 4.98 Å². The summed E-state index contributed by atoms with van der Waals surface area (Å²) >= 11 is 1.58. The van der Waals surface area contributed by atoms with E-state index in [1.54, 1.807) is 11.3 Å². The van der Waals surface area contributed by atoms with E-state index >= 15 is 0 Å². The van der Waals surface area contributed by atoms with Crippen molar-refractivity contribution in [2.24, 2.45) is 11.7 Å². The average Bonchev–Trinajstić information content (AvgIpc) is 3.24. The Labute approximate surface area is 134 Å². The third-order valence-electron chi connectivity index (χ3n) is 3.95. The third-order valence-corrected chi connectivity index (χ3v) is 4.89. The van der Waals surface area contributed by atoms with Gasteiger partial charge in [0.25, 0.3) is 0 Å². The quantitative estimate of drug-likeness (QED) is 0.860. The smallest absolute Gasteiger partial charge is 0.226 e. The summed E-state index contributed by atoms with van der Waals surface area (Å²) in [5.74, 6) is 0.593. The second-order valence-electron chi connectivity index (χ2n) is 5.94. The number of nitrogens with zero attached hydrogens (tertiary/aromatic N) is 1. The Morgan fingerprint density at radius 2 is 2.32 bits per heavy atom. The van der Waals surface area contributed by atoms with E-state index in [0.717, 1.165) is 16.3 Å². The molecule has 1 atom stereocenters. The summed E-state index contributed by atoms with van der Waals surface area (Å²) in [5, 5.41) is 5.96. The predicted octanol–water partition coefficient (Wildman–Crippen LogP) is 2.51. The maximum absolute atomic E-state index is 12.1. The van der Waals surface area contributed by atoms with Crippen LogP contribution in [-0.2, 0) is 11.2 Å². The average molecular weight is 315 g/mol. The highest BCUT2D eigenvalue weighted by Crippen LogP contribution is 2.32. The minimum atomic E-state index is 0.0171. The summed E-state index contributed by atoms with van der Waals surface area (Å²) in [5.41, 5.74) is 8.86. The second-order valence-corrected chi connectivity index (χ2v) is 6.80. The lowest BCUT2D eigenvalue weighted by atomic mass is 10.1. The molecule has 0 aliphatic heterocycles. The molecule has 1 amide bonds. The molecule has 1 fully saturated rings. The van der Waals surface area contributed by atoms with Crippen molar-refractivity contribution in [1.29, 1.82) is 0 Å². The maximum Gasteiger partial charge on any atom is 0.226 e. The van der Waals surface area contributed by atoms with E-state index in [0.29, 0.717) is 18.9 Å². The van der Waals surface area contributed by atoms with Gasteiger partial charge in [0.1, 0.15) is 5.01 Å². The molecule has 1 aliphatic carbocycles. The van der Waals surface area contributed by atoms with Gasteiger partial charge in [0.15, 0.2) is 0 Å². The molecule has 2 aromatic rings. The molecule has 0 spiro atoms. The summed E-state index contributed by atoms with van der Waals surface area (Å²) < 4.78 is 0. The number of aryl methyl sites for hydroxylation is 1. The minimum Gasteiger partial charge on any atom is -0.351 e. The van der Waals surface area contributed by atoms with E-state index < -0.39 is 0 Å². The fraction of sp³-hybridized carbons (Fsp3) is 0.412. The number of nitrogens with two attached hydrogens (primary N) is 1. The van der Waals surface area contributed by atoms with Gasteiger partial charge in [-0.15, -0.1) is 11.3 Å². The molecule has 1 aromatic carbocycles. The number of rotatable bonds is 6. The lowest BCUT2D eigenvalue weighted by Crippen LogP contribution is -2.42. The van der Waals surface area contributed by atoms with Crippen LogP contribution in [0.2, 0.25) is 0 Å². The first-order chi connectivity index (χ1) is 10.7. The normalized spacial score (nSPS) is 15.5. The number of hydrogen-bond acceptors (Lipinski definition) is 4. The van der Waals surface area contributed by atoms with Crippen LogP contribution in [0.5, 0.6) is 0 Å². The number of thiazole rings is 1. The number of carbonyl (C=O) groups excluding carboxylic acids is 1. The molecule has 1 heterocycles. The molecule has 22 heavy (non-hydrogen) atoms. The molecule has 1 aromatic heterocycles. The van der Waals surface area contributed by atoms with Crippen LogP contribution in [0, 0.1) is 12.8 Å². The van der Waals surface area contributed by atoms with Gasteiger partial charge >= 0.3 is 0 Å². The van der Waals surface area contributed by atoms with Crippen LogP contribution in [0.4, 0.5) is 0 Å². The fourth-order valence-electron chi connectivity index (χ4n) is 2.59. The van der Waals surface area contributed by atoms with E-state index in [1.165, 1.54) is 18.4 Å². The number of nitrogens with one attached hydrogen (secondary N) is 1.